The highest BCUT2D eigenvalue weighted by atomic mass is 19.4. The van der Waals surface area contributed by atoms with Gasteiger partial charge in [-0.25, -0.2) is 4.98 Å². The summed E-state index contributed by atoms with van der Waals surface area (Å²) < 4.78 is 38.1. The fourth-order valence-corrected chi connectivity index (χ4v) is 2.89. The van der Waals surface area contributed by atoms with Crippen LogP contribution >= 0.6 is 0 Å². The van der Waals surface area contributed by atoms with Crippen LogP contribution in [0, 0.1) is 0 Å². The number of aliphatic hydroxyl groups is 1. The SMILES string of the molecule is O=C(CC(CO)c1ccc(C(F)(F)F)cc1)c1cc(=O)[nH]c(-c2ccccc2)n1. The molecule has 5 nitrogen and oxygen atoms in total. The number of H-pyrrole nitrogens is 1. The summed E-state index contributed by atoms with van der Waals surface area (Å²) in [7, 11) is 0. The van der Waals surface area contributed by atoms with Crippen LogP contribution < -0.4 is 5.56 Å². The molecule has 150 valence electrons. The first-order chi connectivity index (χ1) is 13.8. The van der Waals surface area contributed by atoms with Gasteiger partial charge in [-0.05, 0) is 17.7 Å². The van der Waals surface area contributed by atoms with Gasteiger partial charge in [-0.2, -0.15) is 13.2 Å². The van der Waals surface area contributed by atoms with Crippen LogP contribution in [0.2, 0.25) is 0 Å². The second kappa shape index (κ2) is 8.40. The molecule has 1 unspecified atom stereocenters. The molecule has 8 heteroatoms. The Morgan fingerprint density at radius 2 is 1.72 bits per heavy atom. The number of aliphatic hydroxyl groups excluding tert-OH is 1. The third-order valence-corrected chi connectivity index (χ3v) is 4.44. The summed E-state index contributed by atoms with van der Waals surface area (Å²) in [5, 5.41) is 9.63. The number of carbonyl (C=O) groups is 1. The number of rotatable bonds is 6. The molecule has 0 saturated heterocycles. The minimum absolute atomic E-state index is 0.0713. The zero-order chi connectivity index (χ0) is 21.0. The van der Waals surface area contributed by atoms with Crippen LogP contribution in [0.1, 0.15) is 34.0 Å². The molecule has 1 atom stereocenters. The average molecular weight is 402 g/mol. The van der Waals surface area contributed by atoms with Gasteiger partial charge in [0.1, 0.15) is 11.5 Å². The standard InChI is InChI=1S/C21H17F3N2O3/c22-21(23,24)16-8-6-13(7-9-16)15(12-27)10-18(28)17-11-19(29)26-20(25-17)14-4-2-1-3-5-14/h1-9,11,15,27H,10,12H2,(H,25,26,29). The van der Waals surface area contributed by atoms with Crippen molar-refractivity contribution in [3.8, 4) is 11.4 Å². The molecule has 0 amide bonds. The molecule has 3 aromatic rings. The van der Waals surface area contributed by atoms with Crippen molar-refractivity contribution in [1.29, 1.82) is 0 Å². The minimum Gasteiger partial charge on any atom is -0.396 e. The Labute approximate surface area is 163 Å². The van der Waals surface area contributed by atoms with Gasteiger partial charge in [0, 0.05) is 24.0 Å². The number of benzene rings is 2. The maximum absolute atomic E-state index is 12.7. The monoisotopic (exact) mass is 402 g/mol. The van der Waals surface area contributed by atoms with Crippen molar-refractivity contribution in [3.63, 3.8) is 0 Å². The Kier molecular flexibility index (Phi) is 5.93. The Balaban J connectivity index is 1.83. The Morgan fingerprint density at radius 3 is 2.31 bits per heavy atom. The van der Waals surface area contributed by atoms with Crippen molar-refractivity contribution < 1.29 is 23.1 Å². The quantitative estimate of drug-likeness (QED) is 0.615. The lowest BCUT2D eigenvalue weighted by Gasteiger charge is -2.15. The predicted molar refractivity (Wildman–Crippen MR) is 101 cm³/mol. The fraction of sp³-hybridized carbons (Fsp3) is 0.190. The van der Waals surface area contributed by atoms with Crippen LogP contribution in [0.3, 0.4) is 0 Å². The van der Waals surface area contributed by atoms with E-state index in [2.05, 4.69) is 9.97 Å². The van der Waals surface area contributed by atoms with Gasteiger partial charge in [0.2, 0.25) is 0 Å². The van der Waals surface area contributed by atoms with Crippen LogP contribution in [-0.4, -0.2) is 27.5 Å². The van der Waals surface area contributed by atoms with E-state index in [1.165, 1.54) is 12.1 Å². The molecule has 1 heterocycles. The molecule has 0 spiro atoms. The fourth-order valence-electron chi connectivity index (χ4n) is 2.89. The van der Waals surface area contributed by atoms with Gasteiger partial charge in [0.15, 0.2) is 5.78 Å². The molecule has 3 rings (SSSR count). The Morgan fingerprint density at radius 1 is 1.07 bits per heavy atom. The minimum atomic E-state index is -4.47. The lowest BCUT2D eigenvalue weighted by Crippen LogP contribution is -2.17. The third-order valence-electron chi connectivity index (χ3n) is 4.44. The summed E-state index contributed by atoms with van der Waals surface area (Å²) in [5.74, 6) is -0.977. The van der Waals surface area contributed by atoms with Crippen LogP contribution in [0.4, 0.5) is 13.2 Å². The topological polar surface area (TPSA) is 83.0 Å². The number of carbonyl (C=O) groups excluding carboxylic acids is 1. The molecule has 29 heavy (non-hydrogen) atoms. The van der Waals surface area contributed by atoms with E-state index < -0.39 is 35.6 Å². The Bertz CT molecular complexity index is 1050. The van der Waals surface area contributed by atoms with Crippen LogP contribution in [0.5, 0.6) is 0 Å². The lowest BCUT2D eigenvalue weighted by atomic mass is 9.93. The number of halogens is 3. The van der Waals surface area contributed by atoms with Crippen molar-refractivity contribution in [3.05, 3.63) is 87.8 Å². The molecule has 0 aliphatic rings. The molecular weight excluding hydrogens is 385 g/mol. The Hall–Kier alpha value is -3.26. The first-order valence-electron chi connectivity index (χ1n) is 8.76. The maximum atomic E-state index is 12.7. The first kappa shape index (κ1) is 20.5. The number of alkyl halides is 3. The maximum Gasteiger partial charge on any atom is 0.416 e. The smallest absolute Gasteiger partial charge is 0.396 e. The second-order valence-corrected chi connectivity index (χ2v) is 6.47. The number of aromatic amines is 1. The van der Waals surface area contributed by atoms with Crippen molar-refractivity contribution in [1.82, 2.24) is 9.97 Å². The molecule has 0 aliphatic carbocycles. The van der Waals surface area contributed by atoms with Gasteiger partial charge >= 0.3 is 6.18 Å². The van der Waals surface area contributed by atoms with Crippen molar-refractivity contribution in [2.45, 2.75) is 18.5 Å². The van der Waals surface area contributed by atoms with Gasteiger partial charge in [-0.15, -0.1) is 0 Å². The van der Waals surface area contributed by atoms with Gasteiger partial charge < -0.3 is 10.1 Å². The number of hydrogen-bond donors (Lipinski definition) is 2. The zero-order valence-corrected chi connectivity index (χ0v) is 15.1. The van der Waals surface area contributed by atoms with E-state index in [0.717, 1.165) is 18.2 Å². The molecule has 0 bridgehead atoms. The molecule has 1 aromatic heterocycles. The van der Waals surface area contributed by atoms with Gasteiger partial charge in [0.25, 0.3) is 5.56 Å². The highest BCUT2D eigenvalue weighted by Gasteiger charge is 2.30. The second-order valence-electron chi connectivity index (χ2n) is 6.47. The lowest BCUT2D eigenvalue weighted by molar-refractivity contribution is -0.137. The first-order valence-corrected chi connectivity index (χ1v) is 8.76. The van der Waals surface area contributed by atoms with E-state index in [-0.39, 0.29) is 17.9 Å². The summed E-state index contributed by atoms with van der Waals surface area (Å²) in [4.78, 5) is 31.3. The molecule has 2 aromatic carbocycles. The highest BCUT2D eigenvalue weighted by Crippen LogP contribution is 2.31. The van der Waals surface area contributed by atoms with E-state index in [0.29, 0.717) is 11.1 Å². The summed E-state index contributed by atoms with van der Waals surface area (Å²) in [6.07, 6.45) is -4.67. The van der Waals surface area contributed by atoms with Crippen molar-refractivity contribution in [2.75, 3.05) is 6.61 Å². The molecule has 0 radical (unpaired) electrons. The predicted octanol–water partition coefficient (Wildman–Crippen LogP) is 3.80. The van der Waals surface area contributed by atoms with Crippen molar-refractivity contribution in [2.24, 2.45) is 0 Å². The van der Waals surface area contributed by atoms with Gasteiger partial charge in [-0.1, -0.05) is 42.5 Å². The summed E-state index contributed by atoms with van der Waals surface area (Å²) >= 11 is 0. The van der Waals surface area contributed by atoms with Gasteiger partial charge in [0.05, 0.1) is 12.2 Å². The van der Waals surface area contributed by atoms with Crippen LogP contribution in [-0.2, 0) is 6.18 Å². The number of Topliss-reactive ketones (excluding diaryl/α,β-unsaturated/α-hetero) is 1. The largest absolute Gasteiger partial charge is 0.416 e. The zero-order valence-electron chi connectivity index (χ0n) is 15.1. The number of hydrogen-bond acceptors (Lipinski definition) is 4. The summed E-state index contributed by atoms with van der Waals surface area (Å²) in [5.41, 5.74) is -0.369. The molecule has 2 N–H and O–H groups in total. The molecular formula is C21H17F3N2O3. The summed E-state index contributed by atoms with van der Waals surface area (Å²) in [6.45, 7) is -0.439. The van der Waals surface area contributed by atoms with E-state index in [9.17, 15) is 27.9 Å². The number of aromatic nitrogens is 2. The number of nitrogens with zero attached hydrogens (tertiary/aromatic N) is 1. The van der Waals surface area contributed by atoms with Crippen LogP contribution in [0.15, 0.2) is 65.5 Å². The highest BCUT2D eigenvalue weighted by molar-refractivity contribution is 5.95. The molecule has 0 saturated carbocycles. The van der Waals surface area contributed by atoms with Crippen LogP contribution in [0.25, 0.3) is 11.4 Å². The van der Waals surface area contributed by atoms with E-state index in [4.69, 9.17) is 0 Å². The van der Waals surface area contributed by atoms with Crippen molar-refractivity contribution >= 4 is 5.78 Å². The average Bonchev–Trinajstić information content (AvgIpc) is 2.71. The number of ketones is 1. The van der Waals surface area contributed by atoms with E-state index in [1.54, 1.807) is 30.3 Å². The molecule has 0 fully saturated rings. The molecule has 0 aliphatic heterocycles. The van der Waals surface area contributed by atoms with E-state index in [1.807, 2.05) is 0 Å². The normalized spacial score (nSPS) is 12.6. The summed E-state index contributed by atoms with van der Waals surface area (Å²) in [6, 6.07) is 14.1. The van der Waals surface area contributed by atoms with E-state index >= 15 is 0 Å². The van der Waals surface area contributed by atoms with Gasteiger partial charge in [-0.3, -0.25) is 9.59 Å². The third kappa shape index (κ3) is 4.97. The number of nitrogens with one attached hydrogen (secondary N) is 1.